The van der Waals surface area contributed by atoms with Crippen LogP contribution in [0.5, 0.6) is 0 Å². The smallest absolute Gasteiger partial charge is 0.411 e. The second-order valence-corrected chi connectivity index (χ2v) is 11.1. The van der Waals surface area contributed by atoms with Gasteiger partial charge in [0.25, 0.3) is 0 Å². The monoisotopic (exact) mass is 428 g/mol. The van der Waals surface area contributed by atoms with Crippen LogP contribution >= 0.6 is 0 Å². The van der Waals surface area contributed by atoms with Crippen molar-refractivity contribution in [3.63, 3.8) is 0 Å². The molecule has 7 nitrogen and oxygen atoms in total. The highest BCUT2D eigenvalue weighted by molar-refractivity contribution is 6.05. The standard InChI is InChI=1S/C21H30F2N2O5/c1-18(2,3)29-16(27)24-9-11-7-20(24,13(11)22)15(26)21-8-12(14(21)23)10-25(21)17(28)30-19(4,5)6/h11-14H,7-10H2,1-6H3/t11-,12-,13-,14-,20-,21-/m1/s1. The number of carbonyl (C=O) groups is 3. The Kier molecular flexibility index (Phi) is 4.31. The Balaban J connectivity index is 1.65. The average molecular weight is 428 g/mol. The number of fused-ring (bicyclic) bond motifs is 2. The summed E-state index contributed by atoms with van der Waals surface area (Å²) in [5.41, 5.74) is -5.21. The van der Waals surface area contributed by atoms with Crippen molar-refractivity contribution in [3.05, 3.63) is 0 Å². The number of amides is 2. The van der Waals surface area contributed by atoms with Crippen molar-refractivity contribution >= 4 is 18.0 Å². The first-order valence-electron chi connectivity index (χ1n) is 10.5. The van der Waals surface area contributed by atoms with Gasteiger partial charge in [-0.1, -0.05) is 0 Å². The molecule has 4 heterocycles. The molecular formula is C21H30F2N2O5. The zero-order valence-corrected chi connectivity index (χ0v) is 18.3. The van der Waals surface area contributed by atoms with E-state index in [0.29, 0.717) is 0 Å². The molecule has 0 aromatic heterocycles. The van der Waals surface area contributed by atoms with Gasteiger partial charge in [0, 0.05) is 24.9 Å². The van der Waals surface area contributed by atoms with Crippen LogP contribution in [-0.2, 0) is 14.3 Å². The van der Waals surface area contributed by atoms with Crippen LogP contribution in [0.1, 0.15) is 54.4 Å². The molecule has 0 aromatic carbocycles. The van der Waals surface area contributed by atoms with Crippen molar-refractivity contribution in [3.8, 4) is 0 Å². The van der Waals surface area contributed by atoms with Gasteiger partial charge in [-0.15, -0.1) is 0 Å². The summed E-state index contributed by atoms with van der Waals surface area (Å²) in [7, 11) is 0. The van der Waals surface area contributed by atoms with Crippen LogP contribution in [0.3, 0.4) is 0 Å². The van der Waals surface area contributed by atoms with Crippen molar-refractivity contribution in [1.82, 2.24) is 9.80 Å². The molecule has 4 saturated heterocycles. The Morgan fingerprint density at radius 3 is 1.37 bits per heavy atom. The highest BCUT2D eigenvalue weighted by Crippen LogP contribution is 2.61. The molecule has 6 fully saturated rings. The first-order valence-corrected chi connectivity index (χ1v) is 10.5. The number of carbonyl (C=O) groups excluding carboxylic acids is 3. The molecule has 168 valence electrons. The number of nitrogens with zero attached hydrogens (tertiary/aromatic N) is 2. The number of halogens is 2. The molecular weight excluding hydrogens is 398 g/mol. The fraction of sp³-hybridized carbons (Fsp3) is 0.857. The van der Waals surface area contributed by atoms with E-state index in [1.54, 1.807) is 41.5 Å². The zero-order valence-electron chi connectivity index (χ0n) is 18.3. The molecule has 2 saturated carbocycles. The van der Waals surface area contributed by atoms with Crippen LogP contribution in [-0.4, -0.2) is 75.5 Å². The van der Waals surface area contributed by atoms with Crippen LogP contribution in [0.25, 0.3) is 0 Å². The number of ether oxygens (including phenoxy) is 2. The van der Waals surface area contributed by atoms with Gasteiger partial charge in [-0.05, 0) is 54.4 Å². The lowest BCUT2D eigenvalue weighted by molar-refractivity contribution is -0.158. The molecule has 0 radical (unpaired) electrons. The fourth-order valence-electron chi connectivity index (χ4n) is 5.48. The van der Waals surface area contributed by atoms with Gasteiger partial charge in [0.05, 0.1) is 0 Å². The lowest BCUT2D eigenvalue weighted by Crippen LogP contribution is -2.74. The van der Waals surface area contributed by atoms with Gasteiger partial charge in [0.2, 0.25) is 0 Å². The van der Waals surface area contributed by atoms with Crippen LogP contribution in [0, 0.1) is 11.8 Å². The highest BCUT2D eigenvalue weighted by Gasteiger charge is 2.80. The molecule has 30 heavy (non-hydrogen) atoms. The van der Waals surface area contributed by atoms with E-state index in [2.05, 4.69) is 0 Å². The summed E-state index contributed by atoms with van der Waals surface area (Å²) in [6.45, 7) is 10.2. The maximum absolute atomic E-state index is 15.2. The number of ketones is 1. The van der Waals surface area contributed by atoms with E-state index in [1.165, 1.54) is 0 Å². The Morgan fingerprint density at radius 1 is 0.767 bits per heavy atom. The normalized spacial score (nSPS) is 39.3. The minimum absolute atomic E-state index is 0.0463. The van der Waals surface area contributed by atoms with E-state index in [-0.39, 0.29) is 25.9 Å². The molecule has 4 bridgehead atoms. The van der Waals surface area contributed by atoms with Gasteiger partial charge >= 0.3 is 12.2 Å². The molecule has 6 atom stereocenters. The molecule has 0 unspecified atom stereocenters. The maximum Gasteiger partial charge on any atom is 0.411 e. The van der Waals surface area contributed by atoms with Crippen LogP contribution < -0.4 is 0 Å². The molecule has 0 N–H and O–H groups in total. The van der Waals surface area contributed by atoms with Gasteiger partial charge in [-0.2, -0.15) is 0 Å². The van der Waals surface area contributed by atoms with Crippen molar-refractivity contribution in [2.24, 2.45) is 11.8 Å². The topological polar surface area (TPSA) is 76.2 Å². The molecule has 9 heteroatoms. The van der Waals surface area contributed by atoms with Crippen molar-refractivity contribution in [2.75, 3.05) is 13.1 Å². The van der Waals surface area contributed by atoms with Crippen molar-refractivity contribution < 1.29 is 32.6 Å². The summed E-state index contributed by atoms with van der Waals surface area (Å²) in [5.74, 6) is -1.71. The summed E-state index contributed by atoms with van der Waals surface area (Å²) in [4.78, 5) is 41.5. The third kappa shape index (κ3) is 2.69. The summed E-state index contributed by atoms with van der Waals surface area (Å²) >= 11 is 0. The average Bonchev–Trinajstić information content (AvgIpc) is 3.31. The van der Waals surface area contributed by atoms with E-state index < -0.39 is 64.4 Å². The van der Waals surface area contributed by atoms with Crippen LogP contribution in [0.15, 0.2) is 0 Å². The summed E-state index contributed by atoms with van der Waals surface area (Å²) in [5, 5.41) is 0. The van der Waals surface area contributed by atoms with Crippen LogP contribution in [0.2, 0.25) is 0 Å². The third-order valence-corrected chi connectivity index (χ3v) is 6.70. The van der Waals surface area contributed by atoms with Gasteiger partial charge < -0.3 is 9.47 Å². The van der Waals surface area contributed by atoms with E-state index in [4.69, 9.17) is 9.47 Å². The van der Waals surface area contributed by atoms with E-state index in [9.17, 15) is 14.4 Å². The maximum atomic E-state index is 15.2. The number of alkyl halides is 2. The lowest BCUT2D eigenvalue weighted by Gasteiger charge is -2.52. The predicted octanol–water partition coefficient (Wildman–Crippen LogP) is 3.25. The molecule has 6 aliphatic rings. The summed E-state index contributed by atoms with van der Waals surface area (Å²) in [6.07, 6.45) is -4.54. The molecule has 0 spiro atoms. The highest BCUT2D eigenvalue weighted by atomic mass is 19.1. The number of hydrogen-bond acceptors (Lipinski definition) is 5. The first-order chi connectivity index (χ1) is 13.6. The molecule has 4 aliphatic heterocycles. The van der Waals surface area contributed by atoms with Gasteiger partial charge in [0.1, 0.15) is 34.6 Å². The second kappa shape index (κ2) is 6.07. The van der Waals surface area contributed by atoms with E-state index in [0.717, 1.165) is 9.80 Å². The Hall–Kier alpha value is -1.93. The Bertz CT molecular complexity index is 742. The first kappa shape index (κ1) is 21.3. The summed E-state index contributed by atoms with van der Waals surface area (Å²) in [6, 6.07) is 0. The van der Waals surface area contributed by atoms with Gasteiger partial charge in [-0.25, -0.2) is 18.4 Å². The molecule has 2 amide bonds. The zero-order chi connectivity index (χ0) is 22.4. The lowest BCUT2D eigenvalue weighted by atomic mass is 9.58. The number of rotatable bonds is 2. The fourth-order valence-corrected chi connectivity index (χ4v) is 5.48. The molecule has 0 aromatic rings. The predicted molar refractivity (Wildman–Crippen MR) is 102 cm³/mol. The van der Waals surface area contributed by atoms with Gasteiger partial charge in [-0.3, -0.25) is 14.6 Å². The van der Waals surface area contributed by atoms with E-state index >= 15 is 8.78 Å². The molecule has 2 aliphatic carbocycles. The SMILES string of the molecule is CC(C)(C)OC(=O)N1C[C@H]2C[C@]1(C(=O)[C@]13C[C@H](CN1C(=O)OC(C)(C)C)[C@H]3F)[C@@H]2F. The minimum atomic E-state index is -1.78. The van der Waals surface area contributed by atoms with Gasteiger partial charge in [0.15, 0.2) is 5.78 Å². The van der Waals surface area contributed by atoms with Crippen LogP contribution in [0.4, 0.5) is 18.4 Å². The Morgan fingerprint density at radius 2 is 1.10 bits per heavy atom. The minimum Gasteiger partial charge on any atom is -0.444 e. The van der Waals surface area contributed by atoms with E-state index in [1.807, 2.05) is 0 Å². The van der Waals surface area contributed by atoms with Crippen molar-refractivity contribution in [2.45, 2.75) is 89.0 Å². The third-order valence-electron chi connectivity index (χ3n) is 6.70. The van der Waals surface area contributed by atoms with Crippen molar-refractivity contribution in [1.29, 1.82) is 0 Å². The Labute approximate surface area is 175 Å². The largest absolute Gasteiger partial charge is 0.444 e. The number of Topliss-reactive ketones (excluding diaryl/α,β-unsaturated/α-hetero) is 1. The quantitative estimate of drug-likeness (QED) is 0.675. The summed E-state index contributed by atoms with van der Waals surface area (Å²) < 4.78 is 41.1. The molecule has 6 rings (SSSR count). The number of hydrogen-bond donors (Lipinski definition) is 0. The second-order valence-electron chi connectivity index (χ2n) is 11.1.